The minimum Gasteiger partial charge on any atom is -0.493 e. The van der Waals surface area contributed by atoms with Crippen LogP contribution in [0.5, 0.6) is 11.5 Å². The van der Waals surface area contributed by atoms with Crippen molar-refractivity contribution < 1.29 is 27.1 Å². The number of benzene rings is 2. The molecule has 10 heteroatoms. The highest BCUT2D eigenvalue weighted by Gasteiger charge is 2.20. The molecule has 1 heterocycles. The highest BCUT2D eigenvalue weighted by Crippen LogP contribution is 2.32. The number of sulfone groups is 1. The van der Waals surface area contributed by atoms with E-state index in [-0.39, 0.29) is 22.4 Å². The zero-order chi connectivity index (χ0) is 21.9. The molecule has 0 radical (unpaired) electrons. The number of ether oxygens (including phenoxy) is 2. The van der Waals surface area contributed by atoms with E-state index in [1.54, 1.807) is 32.0 Å². The summed E-state index contributed by atoms with van der Waals surface area (Å²) >= 11 is 0. The number of carbonyl (C=O) groups is 1. The van der Waals surface area contributed by atoms with Crippen molar-refractivity contribution in [3.05, 3.63) is 48.0 Å². The SMILES string of the molecule is COc1ccc(-c2nnc(NC(=O)c3ccc(S(=O)(=O)C(C)C)cc3)o2)cc1OC. The first-order chi connectivity index (χ1) is 14.3. The normalized spacial score (nSPS) is 11.4. The van der Waals surface area contributed by atoms with Gasteiger partial charge in [-0.15, -0.1) is 5.10 Å². The second-order valence-corrected chi connectivity index (χ2v) is 9.06. The van der Waals surface area contributed by atoms with Crippen molar-refractivity contribution >= 4 is 21.8 Å². The molecule has 2 aromatic carbocycles. The third-order valence-electron chi connectivity index (χ3n) is 4.34. The fraction of sp³-hybridized carbons (Fsp3) is 0.250. The molecule has 3 rings (SSSR count). The predicted molar refractivity (Wildman–Crippen MR) is 110 cm³/mol. The summed E-state index contributed by atoms with van der Waals surface area (Å²) in [7, 11) is -0.365. The smallest absolute Gasteiger partial charge is 0.322 e. The lowest BCUT2D eigenvalue weighted by Gasteiger charge is -2.08. The number of anilines is 1. The first-order valence-corrected chi connectivity index (χ1v) is 10.5. The number of rotatable bonds is 7. The molecule has 0 saturated heterocycles. The molecule has 3 aromatic rings. The number of aromatic nitrogens is 2. The molecule has 1 amide bonds. The number of nitrogens with one attached hydrogen (secondary N) is 1. The van der Waals surface area contributed by atoms with E-state index in [4.69, 9.17) is 13.9 Å². The van der Waals surface area contributed by atoms with Gasteiger partial charge in [-0.25, -0.2) is 8.42 Å². The molecule has 0 spiro atoms. The van der Waals surface area contributed by atoms with Crippen molar-refractivity contribution in [3.63, 3.8) is 0 Å². The van der Waals surface area contributed by atoms with E-state index in [9.17, 15) is 13.2 Å². The van der Waals surface area contributed by atoms with Crippen LogP contribution in [0, 0.1) is 0 Å². The Balaban J connectivity index is 1.75. The second kappa shape index (κ2) is 8.54. The van der Waals surface area contributed by atoms with E-state index in [1.165, 1.54) is 38.5 Å². The van der Waals surface area contributed by atoms with Crippen LogP contribution in [-0.4, -0.2) is 44.0 Å². The Morgan fingerprint density at radius 1 is 1.00 bits per heavy atom. The van der Waals surface area contributed by atoms with Crippen molar-refractivity contribution in [2.45, 2.75) is 24.0 Å². The van der Waals surface area contributed by atoms with Crippen LogP contribution in [0.1, 0.15) is 24.2 Å². The van der Waals surface area contributed by atoms with Crippen molar-refractivity contribution in [3.8, 4) is 23.0 Å². The summed E-state index contributed by atoms with van der Waals surface area (Å²) in [5, 5.41) is 9.69. The highest BCUT2D eigenvalue weighted by molar-refractivity contribution is 7.92. The Hall–Kier alpha value is -3.40. The van der Waals surface area contributed by atoms with Gasteiger partial charge in [-0.2, -0.15) is 0 Å². The maximum absolute atomic E-state index is 12.4. The van der Waals surface area contributed by atoms with Crippen molar-refractivity contribution in [2.75, 3.05) is 19.5 Å². The van der Waals surface area contributed by atoms with Crippen LogP contribution in [0.4, 0.5) is 6.01 Å². The van der Waals surface area contributed by atoms with Gasteiger partial charge >= 0.3 is 6.01 Å². The molecule has 1 N–H and O–H groups in total. The lowest BCUT2D eigenvalue weighted by molar-refractivity contribution is 0.102. The van der Waals surface area contributed by atoms with Gasteiger partial charge in [-0.1, -0.05) is 5.10 Å². The molecule has 0 bridgehead atoms. The molecule has 0 atom stereocenters. The fourth-order valence-corrected chi connectivity index (χ4v) is 3.66. The first-order valence-electron chi connectivity index (χ1n) is 8.97. The standard InChI is InChI=1S/C20H21N3O6S/c1-12(2)30(25,26)15-8-5-13(6-9-15)18(24)21-20-23-22-19(29-20)14-7-10-16(27-3)17(11-14)28-4/h5-12H,1-4H3,(H,21,23,24). The molecule has 158 valence electrons. The maximum Gasteiger partial charge on any atom is 0.322 e. The molecular formula is C20H21N3O6S. The fourth-order valence-electron chi connectivity index (χ4n) is 2.60. The summed E-state index contributed by atoms with van der Waals surface area (Å²) in [5.41, 5.74) is 0.840. The maximum atomic E-state index is 12.4. The van der Waals surface area contributed by atoms with E-state index in [0.29, 0.717) is 17.1 Å². The topological polar surface area (TPSA) is 121 Å². The summed E-state index contributed by atoms with van der Waals surface area (Å²) in [4.78, 5) is 12.6. The van der Waals surface area contributed by atoms with Gasteiger partial charge in [0.2, 0.25) is 5.89 Å². The van der Waals surface area contributed by atoms with Crippen LogP contribution in [0.2, 0.25) is 0 Å². The van der Waals surface area contributed by atoms with Crippen LogP contribution in [-0.2, 0) is 9.84 Å². The van der Waals surface area contributed by atoms with Gasteiger partial charge in [-0.3, -0.25) is 10.1 Å². The molecule has 9 nitrogen and oxygen atoms in total. The van der Waals surface area contributed by atoms with Crippen LogP contribution in [0.3, 0.4) is 0 Å². The van der Waals surface area contributed by atoms with Gasteiger partial charge < -0.3 is 13.9 Å². The molecule has 30 heavy (non-hydrogen) atoms. The molecule has 0 saturated carbocycles. The Morgan fingerprint density at radius 2 is 1.67 bits per heavy atom. The lowest BCUT2D eigenvalue weighted by Crippen LogP contribution is -2.15. The Bertz CT molecular complexity index is 1150. The van der Waals surface area contributed by atoms with E-state index in [1.807, 2.05) is 0 Å². The number of methoxy groups -OCH3 is 2. The zero-order valence-electron chi connectivity index (χ0n) is 16.9. The van der Waals surface area contributed by atoms with Crippen molar-refractivity contribution in [1.82, 2.24) is 10.2 Å². The van der Waals surface area contributed by atoms with Gasteiger partial charge in [0.15, 0.2) is 21.3 Å². The van der Waals surface area contributed by atoms with Gasteiger partial charge in [0.1, 0.15) is 0 Å². The molecule has 1 aromatic heterocycles. The van der Waals surface area contributed by atoms with Crippen molar-refractivity contribution in [1.29, 1.82) is 0 Å². The number of hydrogen-bond donors (Lipinski definition) is 1. The van der Waals surface area contributed by atoms with Crippen LogP contribution >= 0.6 is 0 Å². The summed E-state index contributed by atoms with van der Waals surface area (Å²) in [6.45, 7) is 3.20. The first kappa shape index (κ1) is 21.3. The molecule has 0 aliphatic carbocycles. The number of carbonyl (C=O) groups excluding carboxylic acids is 1. The monoisotopic (exact) mass is 431 g/mol. The average molecular weight is 431 g/mol. The highest BCUT2D eigenvalue weighted by atomic mass is 32.2. The lowest BCUT2D eigenvalue weighted by atomic mass is 10.2. The average Bonchev–Trinajstić information content (AvgIpc) is 3.21. The van der Waals surface area contributed by atoms with Crippen LogP contribution in [0.25, 0.3) is 11.5 Å². The largest absolute Gasteiger partial charge is 0.493 e. The van der Waals surface area contributed by atoms with Crippen LogP contribution < -0.4 is 14.8 Å². The Kier molecular flexibility index (Phi) is 6.06. The Morgan fingerprint density at radius 3 is 2.27 bits per heavy atom. The van der Waals surface area contributed by atoms with E-state index in [0.717, 1.165) is 0 Å². The van der Waals surface area contributed by atoms with Gasteiger partial charge in [0, 0.05) is 11.1 Å². The van der Waals surface area contributed by atoms with Gasteiger partial charge in [0.25, 0.3) is 5.91 Å². The van der Waals surface area contributed by atoms with E-state index in [2.05, 4.69) is 15.5 Å². The van der Waals surface area contributed by atoms with Crippen LogP contribution in [0.15, 0.2) is 51.8 Å². The van der Waals surface area contributed by atoms with E-state index < -0.39 is 21.0 Å². The molecule has 0 aliphatic heterocycles. The third kappa shape index (κ3) is 4.28. The van der Waals surface area contributed by atoms with Gasteiger partial charge in [-0.05, 0) is 56.3 Å². The molecular weight excluding hydrogens is 410 g/mol. The Labute approximate surface area is 174 Å². The summed E-state index contributed by atoms with van der Waals surface area (Å²) in [6.07, 6.45) is 0. The minimum absolute atomic E-state index is 0.0938. The van der Waals surface area contributed by atoms with E-state index >= 15 is 0 Å². The zero-order valence-corrected chi connectivity index (χ0v) is 17.7. The number of nitrogens with zero attached hydrogens (tertiary/aromatic N) is 2. The third-order valence-corrected chi connectivity index (χ3v) is 6.51. The summed E-state index contributed by atoms with van der Waals surface area (Å²) in [6, 6.07) is 10.6. The van der Waals surface area contributed by atoms with Gasteiger partial charge in [0.05, 0.1) is 24.4 Å². The number of hydrogen-bond acceptors (Lipinski definition) is 8. The quantitative estimate of drug-likeness (QED) is 0.605. The predicted octanol–water partition coefficient (Wildman–Crippen LogP) is 3.19. The summed E-state index contributed by atoms with van der Waals surface area (Å²) in [5.74, 6) is 0.725. The molecule has 0 unspecified atom stereocenters. The summed E-state index contributed by atoms with van der Waals surface area (Å²) < 4.78 is 40.3. The second-order valence-electron chi connectivity index (χ2n) is 6.55. The molecule has 0 fully saturated rings. The number of amides is 1. The minimum atomic E-state index is -3.41. The van der Waals surface area contributed by atoms with Crippen molar-refractivity contribution in [2.24, 2.45) is 0 Å². The molecule has 0 aliphatic rings.